The van der Waals surface area contributed by atoms with Crippen molar-refractivity contribution in [3.63, 3.8) is 0 Å². The average molecular weight is 390 g/mol. The molecule has 0 atom stereocenters. The zero-order valence-corrected chi connectivity index (χ0v) is 13.2. The van der Waals surface area contributed by atoms with Gasteiger partial charge in [0.1, 0.15) is 0 Å². The molecule has 0 spiro atoms. The Balaban J connectivity index is -0.0000000129. The molecule has 0 aromatic heterocycles. The third-order valence-corrected chi connectivity index (χ3v) is 0. The van der Waals surface area contributed by atoms with Crippen LogP contribution in [0.25, 0.3) is 0 Å². The largest absolute Gasteiger partial charge is 2.00 e. The predicted molar refractivity (Wildman–Crippen MR) is 61.4 cm³/mol. The molecule has 0 saturated carbocycles. The van der Waals surface area contributed by atoms with Crippen LogP contribution >= 0.6 is 0 Å². The molecule has 19 heavy (non-hydrogen) atoms. The van der Waals surface area contributed by atoms with Crippen LogP contribution in [0.3, 0.4) is 0 Å². The minimum atomic E-state index is -4.67. The van der Waals surface area contributed by atoms with Gasteiger partial charge in [-0.2, -0.15) is 25.3 Å². The van der Waals surface area contributed by atoms with Crippen molar-refractivity contribution in [2.24, 2.45) is 0 Å². The van der Waals surface area contributed by atoms with Crippen LogP contribution in [0, 0.1) is 0 Å². The quantitative estimate of drug-likeness (QED) is 0.168. The fourth-order valence-electron chi connectivity index (χ4n) is 0. The number of rotatable bonds is 0. The van der Waals surface area contributed by atoms with Crippen LogP contribution in [0.1, 0.15) is 2.85 Å². The van der Waals surface area contributed by atoms with E-state index in [1.54, 1.807) is 0 Å². The number of hydrogen-bond donors (Lipinski definition) is 6. The summed E-state index contributed by atoms with van der Waals surface area (Å²) >= 11 is 0. The maximum Gasteiger partial charge on any atom is 2.00 e. The maximum atomic E-state index is 8.74. The molecule has 12 N–H and O–H groups in total. The van der Waals surface area contributed by atoms with Gasteiger partial charge in [-0.05, 0) is 0 Å². The van der Waals surface area contributed by atoms with Crippen molar-refractivity contribution in [2.45, 2.75) is 0 Å². The Kier molecular flexibility index (Phi) is 37.8. The summed E-state index contributed by atoms with van der Waals surface area (Å²) in [5.41, 5.74) is 0. The molecule has 15 nitrogen and oxygen atoms in total. The Labute approximate surface area is 140 Å². The molecular weight excluding hydrogens is 376 g/mol. The molecule has 0 amide bonds. The molecule has 0 aromatic rings. The molecule has 19 heteroatoms. The van der Waals surface area contributed by atoms with Crippen LogP contribution in [0.4, 0.5) is 0 Å². The average Bonchev–Trinajstić information content (AvgIpc) is 1.41. The second-order valence-electron chi connectivity index (χ2n) is 1.34. The summed E-state index contributed by atoms with van der Waals surface area (Å²) in [7, 11) is -14.0. The van der Waals surface area contributed by atoms with E-state index in [1.807, 2.05) is 0 Å². The molecule has 0 aliphatic rings. The van der Waals surface area contributed by atoms with Gasteiger partial charge in [0, 0.05) is 0 Å². The Morgan fingerprint density at radius 2 is 0.474 bits per heavy atom. The zero-order valence-electron chi connectivity index (χ0n) is 10.6. The van der Waals surface area contributed by atoms with Crippen LogP contribution in [-0.4, -0.2) is 107 Å². The summed E-state index contributed by atoms with van der Waals surface area (Å²) in [5, 5.41) is 0. The van der Waals surface area contributed by atoms with Gasteiger partial charge in [0.25, 0.3) is 0 Å². The Hall–Kier alpha value is 0.750. The van der Waals surface area contributed by atoms with Gasteiger partial charge in [-0.15, -0.1) is 0 Å². The fourth-order valence-corrected chi connectivity index (χ4v) is 0. The van der Waals surface area contributed by atoms with Gasteiger partial charge >= 0.3 is 68.9 Å². The van der Waals surface area contributed by atoms with E-state index in [1.165, 1.54) is 0 Å². The molecule has 0 bridgehead atoms. The van der Waals surface area contributed by atoms with Crippen molar-refractivity contribution in [3.05, 3.63) is 0 Å². The summed E-state index contributed by atoms with van der Waals surface area (Å²) in [6, 6.07) is 0. The van der Waals surface area contributed by atoms with Gasteiger partial charge in [-0.1, -0.05) is 0 Å². The summed E-state index contributed by atoms with van der Waals surface area (Å²) in [6.07, 6.45) is 0. The van der Waals surface area contributed by atoms with Gasteiger partial charge in [0.05, 0.1) is 0 Å². The SMILES string of the molecule is O.O.O.O=S(=O)(O)O.O=S(=O)(O)O.O=S(=O)(O)O.[Ca+2].[H-].[H-]. The van der Waals surface area contributed by atoms with E-state index < -0.39 is 31.2 Å². The van der Waals surface area contributed by atoms with Gasteiger partial charge in [0.2, 0.25) is 0 Å². The third kappa shape index (κ3) is 9360. The van der Waals surface area contributed by atoms with E-state index in [9.17, 15) is 0 Å². The smallest absolute Gasteiger partial charge is 1.00 e. The van der Waals surface area contributed by atoms with Crippen molar-refractivity contribution in [2.75, 3.05) is 0 Å². The summed E-state index contributed by atoms with van der Waals surface area (Å²) < 4.78 is 94.8. The first-order valence-electron chi connectivity index (χ1n) is 2.10. The van der Waals surface area contributed by atoms with Crippen molar-refractivity contribution >= 4 is 68.9 Å². The van der Waals surface area contributed by atoms with Crippen LogP contribution in [0.2, 0.25) is 0 Å². The minimum Gasteiger partial charge on any atom is -1.00 e. The summed E-state index contributed by atoms with van der Waals surface area (Å²) in [6.45, 7) is 0. The monoisotopic (exact) mass is 390 g/mol. The van der Waals surface area contributed by atoms with Crippen LogP contribution < -0.4 is 0 Å². The van der Waals surface area contributed by atoms with E-state index in [0.29, 0.717) is 0 Å². The first-order valence-corrected chi connectivity index (χ1v) is 6.29. The fraction of sp³-hybridized carbons (Fsp3) is 0. The number of hydrogen-bond acceptors (Lipinski definition) is 6. The van der Waals surface area contributed by atoms with Crippen LogP contribution in [-0.2, 0) is 31.2 Å². The Morgan fingerprint density at radius 1 is 0.474 bits per heavy atom. The molecule has 0 rings (SSSR count). The van der Waals surface area contributed by atoms with E-state index in [4.69, 9.17) is 52.6 Å². The van der Waals surface area contributed by atoms with Gasteiger partial charge in [-0.3, -0.25) is 27.3 Å². The van der Waals surface area contributed by atoms with Crippen LogP contribution in [0.15, 0.2) is 0 Å². The van der Waals surface area contributed by atoms with Crippen LogP contribution in [0.5, 0.6) is 0 Å². The second-order valence-corrected chi connectivity index (χ2v) is 4.03. The van der Waals surface area contributed by atoms with E-state index in [0.717, 1.165) is 0 Å². The Bertz CT molecular complexity index is 348. The minimum absolute atomic E-state index is 0. The van der Waals surface area contributed by atoms with Crippen molar-refractivity contribution in [1.82, 2.24) is 0 Å². The summed E-state index contributed by atoms with van der Waals surface area (Å²) in [5.74, 6) is 0. The normalized spacial score (nSPS) is 9.16. The van der Waals surface area contributed by atoms with Crippen molar-refractivity contribution < 1.29 is 71.9 Å². The van der Waals surface area contributed by atoms with Gasteiger partial charge < -0.3 is 19.3 Å². The zero-order chi connectivity index (χ0) is 13.5. The topological polar surface area (TPSA) is 318 Å². The first-order chi connectivity index (χ1) is 6.00. The van der Waals surface area contributed by atoms with E-state index >= 15 is 0 Å². The van der Waals surface area contributed by atoms with Gasteiger partial charge in [0.15, 0.2) is 0 Å². The molecule has 0 radical (unpaired) electrons. The molecular formula is H14CaO15S3. The molecule has 0 fully saturated rings. The molecule has 0 saturated heterocycles. The standard InChI is InChI=1S/Ca.3H2O4S.3H2O.2H/c;3*1-5(2,3)4;;;;;/h;3*(H2,1,2,3,4);3*1H2;;/q+2;;;;;;;2*-1. The molecule has 0 aliphatic heterocycles. The molecule has 0 aromatic carbocycles. The molecule has 0 unspecified atom stereocenters. The maximum absolute atomic E-state index is 8.74. The van der Waals surface area contributed by atoms with Crippen molar-refractivity contribution in [1.29, 1.82) is 0 Å². The second kappa shape index (κ2) is 16.8. The molecule has 0 heterocycles. The van der Waals surface area contributed by atoms with Crippen molar-refractivity contribution in [3.8, 4) is 0 Å². The predicted octanol–water partition coefficient (Wildman–Crippen LogP) is -4.59. The first kappa shape index (κ1) is 42.7. The molecule has 0 aliphatic carbocycles. The van der Waals surface area contributed by atoms with E-state index in [-0.39, 0.29) is 57.0 Å². The van der Waals surface area contributed by atoms with E-state index in [2.05, 4.69) is 0 Å². The summed E-state index contributed by atoms with van der Waals surface area (Å²) in [4.78, 5) is 0. The van der Waals surface area contributed by atoms with Gasteiger partial charge in [-0.25, -0.2) is 0 Å². The third-order valence-electron chi connectivity index (χ3n) is 0. The Morgan fingerprint density at radius 3 is 0.474 bits per heavy atom. The molecule has 124 valence electrons.